The van der Waals surface area contributed by atoms with Crippen molar-refractivity contribution in [3.05, 3.63) is 35.4 Å². The molecule has 1 aromatic carbocycles. The van der Waals surface area contributed by atoms with Crippen LogP contribution in [0.1, 0.15) is 37.8 Å². The molecule has 1 saturated carbocycles. The zero-order valence-corrected chi connectivity index (χ0v) is 12.0. The van der Waals surface area contributed by atoms with Crippen molar-refractivity contribution in [2.24, 2.45) is 0 Å². The summed E-state index contributed by atoms with van der Waals surface area (Å²) in [6, 6.07) is 8.12. The zero-order chi connectivity index (χ0) is 14.0. The number of aliphatic hydroxyl groups excluding tert-OH is 1. The van der Waals surface area contributed by atoms with Crippen LogP contribution in [-0.2, 0) is 10.2 Å². The number of aryl methyl sites for hydroxylation is 1. The summed E-state index contributed by atoms with van der Waals surface area (Å²) in [5.74, 6) is 0.161. The van der Waals surface area contributed by atoms with Crippen LogP contribution >= 0.6 is 0 Å². The van der Waals surface area contributed by atoms with E-state index >= 15 is 0 Å². The summed E-state index contributed by atoms with van der Waals surface area (Å²) in [5.41, 5.74) is 1.71. The number of nitrogens with zero attached hydrogens (tertiary/aromatic N) is 1. The van der Waals surface area contributed by atoms with Gasteiger partial charge in [0.05, 0.1) is 11.5 Å². The van der Waals surface area contributed by atoms with Gasteiger partial charge < -0.3 is 10.0 Å². The molecule has 2 rings (SSSR count). The van der Waals surface area contributed by atoms with Gasteiger partial charge >= 0.3 is 0 Å². The Morgan fingerprint density at radius 2 is 2.00 bits per heavy atom. The standard InChI is InChI=1S/C16H23NO2/c1-4-17(5-2)15(19)16(10-14(18)11-16)13-8-6-7-12(3)9-13/h6-9,14,18H,4-5,10-11H2,1-3H3/t14-,16+. The summed E-state index contributed by atoms with van der Waals surface area (Å²) in [4.78, 5) is 14.7. The minimum atomic E-state index is -0.503. The Morgan fingerprint density at radius 1 is 1.37 bits per heavy atom. The van der Waals surface area contributed by atoms with Crippen molar-refractivity contribution in [1.82, 2.24) is 4.90 Å². The maximum atomic E-state index is 12.8. The fourth-order valence-corrected chi connectivity index (χ4v) is 3.03. The smallest absolute Gasteiger partial charge is 0.233 e. The van der Waals surface area contributed by atoms with Gasteiger partial charge in [-0.2, -0.15) is 0 Å². The molecule has 1 aliphatic carbocycles. The van der Waals surface area contributed by atoms with Crippen LogP contribution in [0.2, 0.25) is 0 Å². The first-order chi connectivity index (χ1) is 9.03. The molecule has 104 valence electrons. The summed E-state index contributed by atoms with van der Waals surface area (Å²) in [7, 11) is 0. The molecule has 0 aliphatic heterocycles. The largest absolute Gasteiger partial charge is 0.393 e. The average Bonchev–Trinajstić information content (AvgIpc) is 2.36. The number of aliphatic hydroxyl groups is 1. The molecule has 1 aromatic rings. The molecule has 0 radical (unpaired) electrons. The van der Waals surface area contributed by atoms with Crippen LogP contribution in [0.15, 0.2) is 24.3 Å². The molecule has 0 spiro atoms. The van der Waals surface area contributed by atoms with E-state index < -0.39 is 5.41 Å². The molecule has 0 saturated heterocycles. The zero-order valence-electron chi connectivity index (χ0n) is 12.0. The molecule has 19 heavy (non-hydrogen) atoms. The van der Waals surface area contributed by atoms with Crippen molar-refractivity contribution < 1.29 is 9.90 Å². The highest BCUT2D eigenvalue weighted by atomic mass is 16.3. The second-order valence-electron chi connectivity index (χ2n) is 5.49. The quantitative estimate of drug-likeness (QED) is 0.903. The van der Waals surface area contributed by atoms with Crippen molar-refractivity contribution in [3.8, 4) is 0 Å². The van der Waals surface area contributed by atoms with Gasteiger partial charge in [-0.05, 0) is 39.2 Å². The molecule has 1 fully saturated rings. The van der Waals surface area contributed by atoms with Crippen molar-refractivity contribution in [2.45, 2.75) is 45.1 Å². The van der Waals surface area contributed by atoms with Gasteiger partial charge in [0.25, 0.3) is 0 Å². The van der Waals surface area contributed by atoms with Crippen LogP contribution in [0, 0.1) is 6.92 Å². The molecular weight excluding hydrogens is 238 g/mol. The van der Waals surface area contributed by atoms with E-state index in [1.54, 1.807) is 0 Å². The third kappa shape index (κ3) is 2.39. The number of carbonyl (C=O) groups excluding carboxylic acids is 1. The summed E-state index contributed by atoms with van der Waals surface area (Å²) in [6.07, 6.45) is 0.748. The van der Waals surface area contributed by atoms with Gasteiger partial charge in [-0.15, -0.1) is 0 Å². The number of likely N-dealkylation sites (N-methyl/N-ethyl adjacent to an activating group) is 1. The maximum Gasteiger partial charge on any atom is 0.233 e. The number of amides is 1. The lowest BCUT2D eigenvalue weighted by Gasteiger charge is -2.46. The molecule has 0 heterocycles. The lowest BCUT2D eigenvalue weighted by Crippen LogP contribution is -2.56. The third-order valence-corrected chi connectivity index (χ3v) is 4.20. The van der Waals surface area contributed by atoms with E-state index in [1.165, 1.54) is 0 Å². The van der Waals surface area contributed by atoms with Crippen LogP contribution in [0.3, 0.4) is 0 Å². The molecule has 0 bridgehead atoms. The molecule has 3 heteroatoms. The van der Waals surface area contributed by atoms with Crippen LogP contribution < -0.4 is 0 Å². The van der Waals surface area contributed by atoms with E-state index in [2.05, 4.69) is 6.07 Å². The summed E-state index contributed by atoms with van der Waals surface area (Å²) in [6.45, 7) is 7.48. The molecule has 1 amide bonds. The predicted octanol–water partition coefficient (Wildman–Crippen LogP) is 2.26. The second kappa shape index (κ2) is 5.33. The van der Waals surface area contributed by atoms with Gasteiger partial charge in [-0.1, -0.05) is 29.8 Å². The number of benzene rings is 1. The van der Waals surface area contributed by atoms with E-state index in [0.717, 1.165) is 24.2 Å². The Labute approximate surface area is 115 Å². The van der Waals surface area contributed by atoms with Gasteiger partial charge in [0.15, 0.2) is 0 Å². The van der Waals surface area contributed by atoms with Gasteiger partial charge in [0.1, 0.15) is 0 Å². The molecule has 1 aliphatic rings. The molecular formula is C16H23NO2. The molecule has 3 nitrogen and oxygen atoms in total. The van der Waals surface area contributed by atoms with Gasteiger partial charge in [-0.3, -0.25) is 4.79 Å². The summed E-state index contributed by atoms with van der Waals surface area (Å²) >= 11 is 0. The van der Waals surface area contributed by atoms with E-state index in [4.69, 9.17) is 0 Å². The van der Waals surface area contributed by atoms with Crippen LogP contribution in [0.25, 0.3) is 0 Å². The monoisotopic (exact) mass is 261 g/mol. The van der Waals surface area contributed by atoms with Crippen molar-refractivity contribution >= 4 is 5.91 Å². The lowest BCUT2D eigenvalue weighted by atomic mass is 9.61. The third-order valence-electron chi connectivity index (χ3n) is 4.20. The minimum absolute atomic E-state index is 0.161. The predicted molar refractivity (Wildman–Crippen MR) is 76.0 cm³/mol. The Kier molecular flexibility index (Phi) is 3.95. The number of carbonyl (C=O) groups is 1. The molecule has 0 atom stereocenters. The van der Waals surface area contributed by atoms with E-state index in [0.29, 0.717) is 12.8 Å². The van der Waals surface area contributed by atoms with E-state index in [1.807, 2.05) is 43.9 Å². The summed E-state index contributed by atoms with van der Waals surface area (Å²) in [5, 5.41) is 9.72. The molecule has 0 unspecified atom stereocenters. The van der Waals surface area contributed by atoms with Crippen LogP contribution in [0.4, 0.5) is 0 Å². The highest BCUT2D eigenvalue weighted by Gasteiger charge is 2.52. The Bertz CT molecular complexity index is 460. The van der Waals surface area contributed by atoms with Crippen LogP contribution in [-0.4, -0.2) is 35.1 Å². The second-order valence-corrected chi connectivity index (χ2v) is 5.49. The Morgan fingerprint density at radius 3 is 2.47 bits per heavy atom. The SMILES string of the molecule is CCN(CC)C(=O)[C@]1(c2cccc(C)c2)C[C@H](O)C1. The minimum Gasteiger partial charge on any atom is -0.393 e. The maximum absolute atomic E-state index is 12.8. The fourth-order valence-electron chi connectivity index (χ4n) is 3.03. The van der Waals surface area contributed by atoms with Crippen molar-refractivity contribution in [2.75, 3.05) is 13.1 Å². The highest BCUT2D eigenvalue weighted by molar-refractivity contribution is 5.89. The van der Waals surface area contributed by atoms with Gasteiger partial charge in [-0.25, -0.2) is 0 Å². The van der Waals surface area contributed by atoms with Crippen LogP contribution in [0.5, 0.6) is 0 Å². The molecule has 0 aromatic heterocycles. The topological polar surface area (TPSA) is 40.5 Å². The number of rotatable bonds is 4. The highest BCUT2D eigenvalue weighted by Crippen LogP contribution is 2.45. The van der Waals surface area contributed by atoms with E-state index in [9.17, 15) is 9.90 Å². The molecule has 1 N–H and O–H groups in total. The number of hydrogen-bond donors (Lipinski definition) is 1. The first-order valence-electron chi connectivity index (χ1n) is 7.08. The normalized spacial score (nSPS) is 25.8. The lowest BCUT2D eigenvalue weighted by molar-refractivity contribution is -0.145. The fraction of sp³-hybridized carbons (Fsp3) is 0.562. The van der Waals surface area contributed by atoms with Crippen molar-refractivity contribution in [1.29, 1.82) is 0 Å². The Balaban J connectivity index is 2.36. The first-order valence-corrected chi connectivity index (χ1v) is 7.08. The van der Waals surface area contributed by atoms with E-state index in [-0.39, 0.29) is 12.0 Å². The first kappa shape index (κ1) is 14.1. The average molecular weight is 261 g/mol. The Hall–Kier alpha value is -1.35. The van der Waals surface area contributed by atoms with Gasteiger partial charge in [0, 0.05) is 13.1 Å². The van der Waals surface area contributed by atoms with Crippen molar-refractivity contribution in [3.63, 3.8) is 0 Å². The summed E-state index contributed by atoms with van der Waals surface area (Å²) < 4.78 is 0. The van der Waals surface area contributed by atoms with Gasteiger partial charge in [0.2, 0.25) is 5.91 Å². The number of hydrogen-bond acceptors (Lipinski definition) is 2.